The molecule has 8 nitrogen and oxygen atoms in total. The highest BCUT2D eigenvalue weighted by molar-refractivity contribution is 5.91. The first-order valence-electron chi connectivity index (χ1n) is 9.47. The highest BCUT2D eigenvalue weighted by Gasteiger charge is 2.46. The summed E-state index contributed by atoms with van der Waals surface area (Å²) in [5, 5.41) is 19.3. The first kappa shape index (κ1) is 22.8. The Morgan fingerprint density at radius 2 is 2.10 bits per heavy atom. The fourth-order valence-corrected chi connectivity index (χ4v) is 3.29. The van der Waals surface area contributed by atoms with Crippen molar-refractivity contribution < 1.29 is 38.8 Å². The number of aliphatic hydroxyl groups excluding tert-OH is 1. The molecule has 0 unspecified atom stereocenters. The topological polar surface area (TPSA) is 119 Å². The Bertz CT molecular complexity index is 746. The summed E-state index contributed by atoms with van der Waals surface area (Å²) < 4.78 is 16.0. The lowest BCUT2D eigenvalue weighted by Crippen LogP contribution is -2.44. The van der Waals surface area contributed by atoms with Gasteiger partial charge in [-0.15, -0.1) is 0 Å². The molecule has 1 aliphatic carbocycles. The van der Waals surface area contributed by atoms with Crippen molar-refractivity contribution in [3.63, 3.8) is 0 Å². The number of ether oxygens (including phenoxy) is 3. The molecule has 2 rings (SSSR count). The van der Waals surface area contributed by atoms with E-state index in [0.717, 1.165) is 12.5 Å². The van der Waals surface area contributed by atoms with Gasteiger partial charge >= 0.3 is 17.9 Å². The van der Waals surface area contributed by atoms with E-state index < -0.39 is 48.2 Å². The van der Waals surface area contributed by atoms with Crippen LogP contribution in [-0.4, -0.2) is 59.1 Å². The zero-order chi connectivity index (χ0) is 21.8. The van der Waals surface area contributed by atoms with Crippen LogP contribution in [0.5, 0.6) is 0 Å². The number of hydrogen-bond donors (Lipinski definition) is 2. The van der Waals surface area contributed by atoms with Gasteiger partial charge in [-0.05, 0) is 38.3 Å². The first-order chi connectivity index (χ1) is 13.5. The molecule has 0 aromatic heterocycles. The maximum atomic E-state index is 12.4. The lowest BCUT2D eigenvalue weighted by atomic mass is 9.85. The number of aliphatic hydroxyl groups is 2. The molecular weight excluding hydrogens is 380 g/mol. The van der Waals surface area contributed by atoms with Crippen LogP contribution in [0.2, 0.25) is 0 Å². The molecule has 2 N–H and O–H groups in total. The molecule has 1 fully saturated rings. The Balaban J connectivity index is 2.44. The summed E-state index contributed by atoms with van der Waals surface area (Å²) in [6.07, 6.45) is 3.73. The van der Waals surface area contributed by atoms with E-state index in [4.69, 9.17) is 14.2 Å². The van der Waals surface area contributed by atoms with E-state index in [1.54, 1.807) is 6.08 Å². The average Bonchev–Trinajstić information content (AvgIpc) is 2.91. The summed E-state index contributed by atoms with van der Waals surface area (Å²) >= 11 is 0. The fraction of sp³-hybridized carbons (Fsp3) is 0.571. The van der Waals surface area contributed by atoms with E-state index in [1.807, 2.05) is 13.0 Å². The second kappa shape index (κ2) is 9.37. The number of carbonyl (C=O) groups is 3. The Labute approximate surface area is 169 Å². The molecule has 1 saturated heterocycles. The largest absolute Gasteiger partial charge is 0.461 e. The monoisotopic (exact) mass is 408 g/mol. The molecule has 0 aromatic carbocycles. The van der Waals surface area contributed by atoms with Crippen molar-refractivity contribution in [2.45, 2.75) is 57.8 Å². The van der Waals surface area contributed by atoms with Gasteiger partial charge in [0.1, 0.15) is 18.8 Å². The van der Waals surface area contributed by atoms with Gasteiger partial charge < -0.3 is 24.4 Å². The van der Waals surface area contributed by atoms with E-state index in [-0.39, 0.29) is 12.2 Å². The lowest BCUT2D eigenvalue weighted by molar-refractivity contribution is -0.173. The van der Waals surface area contributed by atoms with Gasteiger partial charge in [-0.1, -0.05) is 18.2 Å². The van der Waals surface area contributed by atoms with Crippen LogP contribution < -0.4 is 0 Å². The Hall–Kier alpha value is -2.45. The van der Waals surface area contributed by atoms with E-state index >= 15 is 0 Å². The van der Waals surface area contributed by atoms with Crippen LogP contribution in [-0.2, 0) is 28.6 Å². The van der Waals surface area contributed by atoms with Crippen molar-refractivity contribution in [1.29, 1.82) is 0 Å². The molecule has 29 heavy (non-hydrogen) atoms. The third-order valence-electron chi connectivity index (χ3n) is 5.01. The van der Waals surface area contributed by atoms with Crippen LogP contribution in [0.1, 0.15) is 40.0 Å². The van der Waals surface area contributed by atoms with E-state index in [9.17, 15) is 24.6 Å². The molecule has 160 valence electrons. The Morgan fingerprint density at radius 1 is 1.41 bits per heavy atom. The number of rotatable bonds is 5. The van der Waals surface area contributed by atoms with Crippen molar-refractivity contribution in [2.24, 2.45) is 5.92 Å². The minimum Gasteiger partial charge on any atom is -0.461 e. The molecule has 0 spiro atoms. The molecule has 0 amide bonds. The van der Waals surface area contributed by atoms with Gasteiger partial charge in [-0.25, -0.2) is 9.59 Å². The maximum Gasteiger partial charge on any atom is 0.340 e. The third-order valence-corrected chi connectivity index (χ3v) is 5.01. The highest BCUT2D eigenvalue weighted by Crippen LogP contribution is 2.37. The summed E-state index contributed by atoms with van der Waals surface area (Å²) in [5.74, 6) is -2.73. The molecule has 0 saturated carbocycles. The van der Waals surface area contributed by atoms with Crippen molar-refractivity contribution in [1.82, 2.24) is 0 Å². The summed E-state index contributed by atoms with van der Waals surface area (Å²) in [7, 11) is 0. The molecular formula is C21H28O8. The molecule has 8 heteroatoms. The quantitative estimate of drug-likeness (QED) is 0.303. The molecule has 0 bridgehead atoms. The van der Waals surface area contributed by atoms with Crippen LogP contribution >= 0.6 is 0 Å². The van der Waals surface area contributed by atoms with E-state index in [1.165, 1.54) is 6.92 Å². The molecule has 2 aliphatic rings. The first-order valence-corrected chi connectivity index (χ1v) is 9.47. The minimum absolute atomic E-state index is 0.00529. The van der Waals surface area contributed by atoms with Gasteiger partial charge in [0.25, 0.3) is 0 Å². The highest BCUT2D eigenvalue weighted by atomic mass is 16.6. The van der Waals surface area contributed by atoms with Gasteiger partial charge in [0.2, 0.25) is 0 Å². The van der Waals surface area contributed by atoms with Crippen molar-refractivity contribution >= 4 is 17.9 Å². The van der Waals surface area contributed by atoms with Crippen LogP contribution in [0.3, 0.4) is 0 Å². The zero-order valence-corrected chi connectivity index (χ0v) is 17.0. The van der Waals surface area contributed by atoms with E-state index in [2.05, 4.69) is 6.58 Å². The number of allylic oxidation sites excluding steroid dienone is 1. The second-order valence-corrected chi connectivity index (χ2v) is 7.70. The number of fused-ring (bicyclic) bond motifs is 1. The van der Waals surface area contributed by atoms with Crippen molar-refractivity contribution in [2.75, 3.05) is 13.2 Å². The van der Waals surface area contributed by atoms with Gasteiger partial charge in [-0.2, -0.15) is 0 Å². The van der Waals surface area contributed by atoms with Gasteiger partial charge in [0, 0.05) is 18.9 Å². The lowest BCUT2D eigenvalue weighted by Gasteiger charge is -2.29. The van der Waals surface area contributed by atoms with Gasteiger partial charge in [0.05, 0.1) is 12.5 Å². The predicted octanol–water partition coefficient (Wildman–Crippen LogP) is 1.36. The van der Waals surface area contributed by atoms with Crippen molar-refractivity contribution in [3.8, 4) is 0 Å². The van der Waals surface area contributed by atoms with Crippen molar-refractivity contribution in [3.05, 3.63) is 35.5 Å². The van der Waals surface area contributed by atoms with Gasteiger partial charge in [-0.3, -0.25) is 4.79 Å². The second-order valence-electron chi connectivity index (χ2n) is 7.70. The molecule has 1 aliphatic heterocycles. The smallest absolute Gasteiger partial charge is 0.340 e. The molecule has 0 aromatic rings. The van der Waals surface area contributed by atoms with Crippen LogP contribution in [0.25, 0.3) is 0 Å². The zero-order valence-electron chi connectivity index (χ0n) is 17.0. The molecule has 0 radical (unpaired) electrons. The molecule has 4 atom stereocenters. The Morgan fingerprint density at radius 3 is 2.72 bits per heavy atom. The number of carbonyl (C=O) groups excluding carboxylic acids is 3. The fourth-order valence-electron chi connectivity index (χ4n) is 3.29. The summed E-state index contributed by atoms with van der Waals surface area (Å²) in [6.45, 7) is 7.32. The molecule has 1 heterocycles. The Kier molecular flexibility index (Phi) is 7.37. The SMILES string of the molecule is C=C1C(=O)O[C@@H]2C/C(C)=C\CC/C(COC(C)=O)=C\[C@H](OC(=O)[C@](C)(O)CO)[C@H]12. The maximum absolute atomic E-state index is 12.4. The standard InChI is InChI=1S/C21H28O8/c1-12-6-5-7-15(10-27-14(3)23)9-17(29-20(25)21(4,26)11-22)18-13(2)19(24)28-16(18)8-12/h6,9,16-18,22,26H,2,5,7-8,10-11H2,1,3-4H3/b12-6-,15-9+/t16-,17+,18-,21-/m1/s1. The predicted molar refractivity (Wildman–Crippen MR) is 102 cm³/mol. The number of hydrogen-bond acceptors (Lipinski definition) is 8. The normalized spacial score (nSPS) is 30.6. The van der Waals surface area contributed by atoms with Gasteiger partial charge in [0.15, 0.2) is 5.60 Å². The number of esters is 3. The van der Waals surface area contributed by atoms with E-state index in [0.29, 0.717) is 24.8 Å². The minimum atomic E-state index is -2.10. The third kappa shape index (κ3) is 5.77. The summed E-state index contributed by atoms with van der Waals surface area (Å²) in [5.41, 5.74) is -0.245. The average molecular weight is 408 g/mol. The van der Waals surface area contributed by atoms with Crippen LogP contribution in [0.15, 0.2) is 35.5 Å². The van der Waals surface area contributed by atoms with Crippen LogP contribution in [0, 0.1) is 5.92 Å². The summed E-state index contributed by atoms with van der Waals surface area (Å²) in [4.78, 5) is 35.8. The van der Waals surface area contributed by atoms with Crippen LogP contribution in [0.4, 0.5) is 0 Å². The summed E-state index contributed by atoms with van der Waals surface area (Å²) in [6, 6.07) is 0.